The molecule has 0 radical (unpaired) electrons. The molecule has 0 bridgehead atoms. The van der Waals surface area contributed by atoms with Crippen molar-refractivity contribution in [3.63, 3.8) is 0 Å². The Morgan fingerprint density at radius 1 is 0.643 bits per heavy atom. The normalized spacial score (nSPS) is 72.0. The Labute approximate surface area is 81.4 Å². The summed E-state index contributed by atoms with van der Waals surface area (Å²) in [6.07, 6.45) is 0.0243. The van der Waals surface area contributed by atoms with Crippen LogP contribution in [0.2, 0.25) is 0 Å². The highest BCUT2D eigenvalue weighted by Gasteiger charge is 2.71. The monoisotopic (exact) mass is 196 g/mol. The van der Waals surface area contributed by atoms with E-state index >= 15 is 0 Å². The van der Waals surface area contributed by atoms with Crippen LogP contribution in [0, 0.1) is 29.6 Å². The third-order valence-electron chi connectivity index (χ3n) is 4.81. The quantitative estimate of drug-likeness (QED) is 0.554. The number of ether oxygens (including phenoxy) is 4. The van der Waals surface area contributed by atoms with Gasteiger partial charge in [0, 0.05) is 17.8 Å². The molecule has 4 heteroatoms. The second kappa shape index (κ2) is 2.02. The van der Waals surface area contributed by atoms with Crippen LogP contribution in [-0.4, -0.2) is 32.1 Å². The second-order valence-corrected chi connectivity index (χ2v) is 5.10. The van der Waals surface area contributed by atoms with Crippen LogP contribution in [0.1, 0.15) is 0 Å². The van der Waals surface area contributed by atoms with Crippen molar-refractivity contribution >= 4 is 0 Å². The van der Waals surface area contributed by atoms with Crippen LogP contribution < -0.4 is 0 Å². The van der Waals surface area contributed by atoms with Crippen molar-refractivity contribution in [2.75, 3.05) is 13.2 Å². The lowest BCUT2D eigenvalue weighted by molar-refractivity contribution is -0.235. The first-order valence-electron chi connectivity index (χ1n) is 5.47. The highest BCUT2D eigenvalue weighted by Crippen LogP contribution is 2.64. The van der Waals surface area contributed by atoms with Gasteiger partial charge in [-0.15, -0.1) is 0 Å². The number of rotatable bonds is 0. The third kappa shape index (κ3) is 0.560. The number of fused-ring (bicyclic) bond motifs is 1. The zero-order chi connectivity index (χ0) is 8.86. The highest BCUT2D eigenvalue weighted by atomic mass is 16.8. The molecule has 0 aromatic carbocycles. The first-order valence-corrected chi connectivity index (χ1v) is 5.47. The van der Waals surface area contributed by atoms with Crippen molar-refractivity contribution in [2.24, 2.45) is 29.6 Å². The SMILES string of the molecule is C1O[C@H]2OC3O[C@H]4OC[C@H]5[C@@H]1[C@@H]2C3[C@@H]45. The Morgan fingerprint density at radius 3 is 1.79 bits per heavy atom. The summed E-state index contributed by atoms with van der Waals surface area (Å²) in [7, 11) is 0. The van der Waals surface area contributed by atoms with Crippen LogP contribution >= 0.6 is 0 Å². The van der Waals surface area contributed by atoms with Crippen molar-refractivity contribution in [3.8, 4) is 0 Å². The summed E-state index contributed by atoms with van der Waals surface area (Å²) in [5.41, 5.74) is 0. The van der Waals surface area contributed by atoms with E-state index in [0.29, 0.717) is 29.6 Å². The molecule has 5 rings (SSSR count). The minimum absolute atomic E-state index is 0.0292. The molecule has 0 aromatic heterocycles. The molecule has 8 atom stereocenters. The van der Waals surface area contributed by atoms with Gasteiger partial charge in [0.2, 0.25) is 0 Å². The minimum atomic E-state index is -0.0342. The topological polar surface area (TPSA) is 36.9 Å². The Kier molecular flexibility index (Phi) is 1.04. The van der Waals surface area contributed by atoms with Gasteiger partial charge in [-0.3, -0.25) is 0 Å². The Balaban J connectivity index is 1.70. The molecule has 0 spiro atoms. The van der Waals surface area contributed by atoms with Crippen molar-refractivity contribution in [3.05, 3.63) is 0 Å². The summed E-state index contributed by atoms with van der Waals surface area (Å²) in [5, 5.41) is 0. The molecule has 4 aliphatic heterocycles. The standard InChI is InChI=1S/C10H12O4/c1-3-4-2-12-9-6(4)7-5(3)8(11-1)13-10(7)14-9/h3-10H,1-2H2/t3-,4+,5-,6+,7?,8+,9-,10?. The van der Waals surface area contributed by atoms with Crippen molar-refractivity contribution in [1.82, 2.24) is 0 Å². The van der Waals surface area contributed by atoms with Gasteiger partial charge in [-0.2, -0.15) is 0 Å². The van der Waals surface area contributed by atoms with Crippen LogP contribution in [0.3, 0.4) is 0 Å². The summed E-state index contributed by atoms with van der Waals surface area (Å²) >= 11 is 0. The summed E-state index contributed by atoms with van der Waals surface area (Å²) in [4.78, 5) is 0. The Hall–Kier alpha value is -0.160. The molecule has 4 saturated heterocycles. The molecule has 1 aliphatic carbocycles. The van der Waals surface area contributed by atoms with Crippen LogP contribution in [0.5, 0.6) is 0 Å². The van der Waals surface area contributed by atoms with Gasteiger partial charge in [0.15, 0.2) is 18.9 Å². The van der Waals surface area contributed by atoms with Crippen molar-refractivity contribution in [2.45, 2.75) is 18.9 Å². The molecule has 0 N–H and O–H groups in total. The highest BCUT2D eigenvalue weighted by molar-refractivity contribution is 5.10. The fourth-order valence-corrected chi connectivity index (χ4v) is 4.37. The molecule has 0 amide bonds. The maximum atomic E-state index is 5.74. The molecule has 5 fully saturated rings. The Morgan fingerprint density at radius 2 is 1.21 bits per heavy atom. The molecule has 5 aliphatic rings. The maximum absolute atomic E-state index is 5.74. The first kappa shape index (κ1) is 7.17. The zero-order valence-corrected chi connectivity index (χ0v) is 7.67. The van der Waals surface area contributed by atoms with Gasteiger partial charge in [0.05, 0.1) is 13.2 Å². The van der Waals surface area contributed by atoms with E-state index in [1.165, 1.54) is 0 Å². The van der Waals surface area contributed by atoms with Gasteiger partial charge in [0.25, 0.3) is 0 Å². The summed E-state index contributed by atoms with van der Waals surface area (Å²) in [5.74, 6) is 3.11. The molecular weight excluding hydrogens is 184 g/mol. The summed E-state index contributed by atoms with van der Waals surface area (Å²) in [6.45, 7) is 1.74. The van der Waals surface area contributed by atoms with Gasteiger partial charge in [-0.1, -0.05) is 0 Å². The lowest BCUT2D eigenvalue weighted by Crippen LogP contribution is -2.20. The molecular formula is C10H12O4. The average Bonchev–Trinajstić information content (AvgIpc) is 2.77. The molecule has 2 unspecified atom stereocenters. The average molecular weight is 196 g/mol. The van der Waals surface area contributed by atoms with Crippen molar-refractivity contribution < 1.29 is 18.9 Å². The van der Waals surface area contributed by atoms with Crippen LogP contribution in [-0.2, 0) is 18.9 Å². The third-order valence-corrected chi connectivity index (χ3v) is 4.81. The van der Waals surface area contributed by atoms with Crippen LogP contribution in [0.15, 0.2) is 0 Å². The molecule has 76 valence electrons. The Bertz CT molecular complexity index is 278. The lowest BCUT2D eigenvalue weighted by atomic mass is 9.90. The number of hydrogen-bond acceptors (Lipinski definition) is 4. The van der Waals surface area contributed by atoms with E-state index in [0.717, 1.165) is 13.2 Å². The molecule has 4 nitrogen and oxygen atoms in total. The predicted octanol–water partition coefficient (Wildman–Crippen LogP) is 0.180. The van der Waals surface area contributed by atoms with E-state index in [2.05, 4.69) is 0 Å². The van der Waals surface area contributed by atoms with Gasteiger partial charge < -0.3 is 18.9 Å². The first-order chi connectivity index (χ1) is 6.93. The smallest absolute Gasteiger partial charge is 0.167 e. The second-order valence-electron chi connectivity index (χ2n) is 5.10. The molecule has 4 heterocycles. The molecule has 14 heavy (non-hydrogen) atoms. The maximum Gasteiger partial charge on any atom is 0.167 e. The van der Waals surface area contributed by atoms with Crippen molar-refractivity contribution in [1.29, 1.82) is 0 Å². The van der Waals surface area contributed by atoms with Gasteiger partial charge in [-0.05, 0) is 11.8 Å². The van der Waals surface area contributed by atoms with E-state index < -0.39 is 0 Å². The van der Waals surface area contributed by atoms with E-state index in [4.69, 9.17) is 18.9 Å². The molecule has 1 saturated carbocycles. The lowest BCUT2D eigenvalue weighted by Gasteiger charge is -2.13. The van der Waals surface area contributed by atoms with E-state index in [1.54, 1.807) is 0 Å². The number of hydrogen-bond donors (Lipinski definition) is 0. The predicted molar refractivity (Wildman–Crippen MR) is 42.9 cm³/mol. The van der Waals surface area contributed by atoms with Gasteiger partial charge >= 0.3 is 0 Å². The van der Waals surface area contributed by atoms with E-state index in [1.807, 2.05) is 0 Å². The fourth-order valence-electron chi connectivity index (χ4n) is 4.37. The van der Waals surface area contributed by atoms with Gasteiger partial charge in [0.1, 0.15) is 0 Å². The summed E-state index contributed by atoms with van der Waals surface area (Å²) in [6, 6.07) is 0. The summed E-state index contributed by atoms with van der Waals surface area (Å²) < 4.78 is 22.8. The van der Waals surface area contributed by atoms with Crippen LogP contribution in [0.4, 0.5) is 0 Å². The van der Waals surface area contributed by atoms with Gasteiger partial charge in [-0.25, -0.2) is 0 Å². The molecule has 0 aromatic rings. The minimum Gasteiger partial charge on any atom is -0.352 e. The van der Waals surface area contributed by atoms with E-state index in [-0.39, 0.29) is 18.9 Å². The van der Waals surface area contributed by atoms with Crippen LogP contribution in [0.25, 0.3) is 0 Å². The largest absolute Gasteiger partial charge is 0.352 e. The zero-order valence-electron chi connectivity index (χ0n) is 7.67. The van der Waals surface area contributed by atoms with E-state index in [9.17, 15) is 0 Å². The fraction of sp³-hybridized carbons (Fsp3) is 1.00.